The van der Waals surface area contributed by atoms with E-state index in [0.29, 0.717) is 5.92 Å². The summed E-state index contributed by atoms with van der Waals surface area (Å²) in [6.07, 6.45) is 1.63. The van der Waals surface area contributed by atoms with Gasteiger partial charge in [0.2, 0.25) is 0 Å². The first-order valence-corrected chi connectivity index (χ1v) is 7.17. The minimum atomic E-state index is -0.817. The maximum Gasteiger partial charge on any atom is 0.307 e. The van der Waals surface area contributed by atoms with Crippen LogP contribution in [0.25, 0.3) is 0 Å². The first-order chi connectivity index (χ1) is 9.54. The second-order valence-electron chi connectivity index (χ2n) is 4.75. The maximum absolute atomic E-state index is 10.6. The van der Waals surface area contributed by atoms with E-state index in [1.807, 2.05) is 30.3 Å². The van der Waals surface area contributed by atoms with Crippen molar-refractivity contribution in [1.82, 2.24) is 9.97 Å². The Morgan fingerprint density at radius 2 is 1.95 bits per heavy atom. The number of rotatable bonds is 5. The third kappa shape index (κ3) is 4.06. The number of carboxylic acid groups (broad SMARTS) is 1. The van der Waals surface area contributed by atoms with Gasteiger partial charge in [-0.15, -0.1) is 0 Å². The standard InChI is InChI=1S/C15H16N2O2S/c1-10(2)13-8-14(17-9-16-13)20-12-5-3-11(4-6-12)7-15(18)19/h3-6,8-10H,7H2,1-2H3,(H,18,19). The normalized spacial score (nSPS) is 10.8. The average Bonchev–Trinajstić information content (AvgIpc) is 2.41. The summed E-state index contributed by atoms with van der Waals surface area (Å²) in [6, 6.07) is 9.49. The summed E-state index contributed by atoms with van der Waals surface area (Å²) in [7, 11) is 0. The van der Waals surface area contributed by atoms with Gasteiger partial charge in [0.1, 0.15) is 11.4 Å². The van der Waals surface area contributed by atoms with Crippen LogP contribution in [0.5, 0.6) is 0 Å². The van der Waals surface area contributed by atoms with Gasteiger partial charge in [-0.3, -0.25) is 4.79 Å². The van der Waals surface area contributed by atoms with E-state index in [1.54, 1.807) is 18.1 Å². The number of nitrogens with zero attached hydrogens (tertiary/aromatic N) is 2. The van der Waals surface area contributed by atoms with Gasteiger partial charge in [-0.1, -0.05) is 37.7 Å². The molecule has 0 bridgehead atoms. The molecule has 0 fully saturated rings. The Morgan fingerprint density at radius 3 is 2.55 bits per heavy atom. The Balaban J connectivity index is 2.10. The van der Waals surface area contributed by atoms with Crippen LogP contribution in [-0.4, -0.2) is 21.0 Å². The van der Waals surface area contributed by atoms with E-state index in [2.05, 4.69) is 23.8 Å². The largest absolute Gasteiger partial charge is 0.481 e. The summed E-state index contributed by atoms with van der Waals surface area (Å²) < 4.78 is 0. The van der Waals surface area contributed by atoms with Crippen LogP contribution in [0.1, 0.15) is 31.0 Å². The van der Waals surface area contributed by atoms with Gasteiger partial charge in [0.25, 0.3) is 0 Å². The highest BCUT2D eigenvalue weighted by Gasteiger charge is 2.05. The molecule has 0 saturated heterocycles. The summed E-state index contributed by atoms with van der Waals surface area (Å²) in [4.78, 5) is 20.1. The molecule has 0 amide bonds. The fourth-order valence-corrected chi connectivity index (χ4v) is 2.49. The lowest BCUT2D eigenvalue weighted by Crippen LogP contribution is -1.99. The monoisotopic (exact) mass is 288 g/mol. The van der Waals surface area contributed by atoms with Crippen molar-refractivity contribution < 1.29 is 9.90 Å². The zero-order valence-electron chi connectivity index (χ0n) is 11.4. The van der Waals surface area contributed by atoms with Crippen molar-refractivity contribution in [1.29, 1.82) is 0 Å². The number of benzene rings is 1. The van der Waals surface area contributed by atoms with Gasteiger partial charge in [-0.05, 0) is 29.7 Å². The van der Waals surface area contributed by atoms with Crippen molar-refractivity contribution in [2.24, 2.45) is 0 Å². The molecule has 1 N–H and O–H groups in total. The molecule has 20 heavy (non-hydrogen) atoms. The molecule has 1 aromatic heterocycles. The first-order valence-electron chi connectivity index (χ1n) is 6.35. The molecule has 1 heterocycles. The van der Waals surface area contributed by atoms with Gasteiger partial charge in [0.15, 0.2) is 0 Å². The van der Waals surface area contributed by atoms with Crippen molar-refractivity contribution in [3.63, 3.8) is 0 Å². The van der Waals surface area contributed by atoms with Crippen LogP contribution in [0.15, 0.2) is 46.6 Å². The third-order valence-corrected chi connectivity index (χ3v) is 3.70. The summed E-state index contributed by atoms with van der Waals surface area (Å²) in [5, 5.41) is 9.63. The number of carbonyl (C=O) groups is 1. The molecular weight excluding hydrogens is 272 g/mol. The molecule has 2 rings (SSSR count). The van der Waals surface area contributed by atoms with Crippen molar-refractivity contribution in [2.75, 3.05) is 0 Å². The van der Waals surface area contributed by atoms with E-state index >= 15 is 0 Å². The van der Waals surface area contributed by atoms with Crippen LogP contribution in [0, 0.1) is 0 Å². The van der Waals surface area contributed by atoms with Crippen molar-refractivity contribution in [3.05, 3.63) is 47.9 Å². The predicted octanol–water partition coefficient (Wildman–Crippen LogP) is 3.38. The van der Waals surface area contributed by atoms with Gasteiger partial charge in [-0.2, -0.15) is 0 Å². The molecule has 0 radical (unpaired) electrons. The zero-order chi connectivity index (χ0) is 14.5. The second kappa shape index (κ2) is 6.52. The van der Waals surface area contributed by atoms with Crippen molar-refractivity contribution >= 4 is 17.7 Å². The van der Waals surface area contributed by atoms with Crippen LogP contribution in [0.2, 0.25) is 0 Å². The Bertz CT molecular complexity index is 597. The van der Waals surface area contributed by atoms with E-state index in [4.69, 9.17) is 5.11 Å². The Kier molecular flexibility index (Phi) is 4.74. The Labute approximate surface area is 122 Å². The fraction of sp³-hybridized carbons (Fsp3) is 0.267. The smallest absolute Gasteiger partial charge is 0.307 e. The van der Waals surface area contributed by atoms with Gasteiger partial charge in [-0.25, -0.2) is 9.97 Å². The van der Waals surface area contributed by atoms with E-state index in [-0.39, 0.29) is 6.42 Å². The first kappa shape index (κ1) is 14.5. The number of aliphatic carboxylic acids is 1. The number of carboxylic acids is 1. The lowest BCUT2D eigenvalue weighted by molar-refractivity contribution is -0.136. The topological polar surface area (TPSA) is 63.1 Å². The predicted molar refractivity (Wildman–Crippen MR) is 78.0 cm³/mol. The van der Waals surface area contributed by atoms with Gasteiger partial charge in [0, 0.05) is 10.6 Å². The summed E-state index contributed by atoms with van der Waals surface area (Å²) in [5.74, 6) is -0.446. The van der Waals surface area contributed by atoms with E-state index < -0.39 is 5.97 Å². The molecule has 0 atom stereocenters. The highest BCUT2D eigenvalue weighted by atomic mass is 32.2. The van der Waals surface area contributed by atoms with Gasteiger partial charge in [0.05, 0.1) is 6.42 Å². The average molecular weight is 288 g/mol. The van der Waals surface area contributed by atoms with E-state index in [9.17, 15) is 4.79 Å². The quantitative estimate of drug-likeness (QED) is 0.855. The lowest BCUT2D eigenvalue weighted by Gasteiger charge is -2.06. The van der Waals surface area contributed by atoms with Crippen LogP contribution in [-0.2, 0) is 11.2 Å². The zero-order valence-corrected chi connectivity index (χ0v) is 12.2. The second-order valence-corrected chi connectivity index (χ2v) is 5.85. The molecule has 4 nitrogen and oxygen atoms in total. The fourth-order valence-electron chi connectivity index (χ4n) is 1.70. The lowest BCUT2D eigenvalue weighted by atomic mass is 10.1. The molecule has 5 heteroatoms. The van der Waals surface area contributed by atoms with E-state index in [1.165, 1.54) is 0 Å². The van der Waals surface area contributed by atoms with Crippen LogP contribution >= 0.6 is 11.8 Å². The van der Waals surface area contributed by atoms with Crippen molar-refractivity contribution in [2.45, 2.75) is 36.1 Å². The third-order valence-electron chi connectivity index (χ3n) is 2.76. The molecule has 0 aliphatic rings. The SMILES string of the molecule is CC(C)c1cc(Sc2ccc(CC(=O)O)cc2)ncn1. The van der Waals surface area contributed by atoms with Crippen LogP contribution in [0.4, 0.5) is 0 Å². The molecular formula is C15H16N2O2S. The molecule has 2 aromatic rings. The minimum absolute atomic E-state index is 0.0515. The van der Waals surface area contributed by atoms with Gasteiger partial charge >= 0.3 is 5.97 Å². The number of aromatic nitrogens is 2. The van der Waals surface area contributed by atoms with Crippen molar-refractivity contribution in [3.8, 4) is 0 Å². The summed E-state index contributed by atoms with van der Waals surface area (Å²) in [5.41, 5.74) is 1.82. The molecule has 0 saturated carbocycles. The summed E-state index contributed by atoms with van der Waals surface area (Å²) in [6.45, 7) is 4.19. The highest BCUT2D eigenvalue weighted by molar-refractivity contribution is 7.99. The molecule has 0 aliphatic carbocycles. The molecule has 0 unspecified atom stereocenters. The van der Waals surface area contributed by atoms with Crippen LogP contribution < -0.4 is 0 Å². The van der Waals surface area contributed by atoms with Crippen LogP contribution in [0.3, 0.4) is 0 Å². The number of hydrogen-bond acceptors (Lipinski definition) is 4. The Morgan fingerprint density at radius 1 is 1.25 bits per heavy atom. The Hall–Kier alpha value is -1.88. The van der Waals surface area contributed by atoms with Gasteiger partial charge < -0.3 is 5.11 Å². The molecule has 0 spiro atoms. The van der Waals surface area contributed by atoms with E-state index in [0.717, 1.165) is 21.2 Å². The molecule has 104 valence electrons. The molecule has 1 aromatic carbocycles. The maximum atomic E-state index is 10.6. The minimum Gasteiger partial charge on any atom is -0.481 e. The number of hydrogen-bond donors (Lipinski definition) is 1. The highest BCUT2D eigenvalue weighted by Crippen LogP contribution is 2.27. The molecule has 0 aliphatic heterocycles. The summed E-state index contributed by atoms with van der Waals surface area (Å²) >= 11 is 1.55.